The minimum Gasteiger partial charge on any atom is -0.377 e. The Morgan fingerprint density at radius 1 is 1.27 bits per heavy atom. The van der Waals surface area contributed by atoms with Crippen molar-refractivity contribution in [2.75, 3.05) is 23.0 Å². The zero-order chi connectivity index (χ0) is 21.6. The first-order chi connectivity index (χ1) is 14.1. The van der Waals surface area contributed by atoms with Crippen LogP contribution in [0.3, 0.4) is 0 Å². The number of thiophene rings is 1. The summed E-state index contributed by atoms with van der Waals surface area (Å²) in [5.41, 5.74) is -0.351. The molecule has 2 aromatic rings. The monoisotopic (exact) mass is 462 g/mol. The van der Waals surface area contributed by atoms with E-state index in [1.165, 1.54) is 26.9 Å². The summed E-state index contributed by atoms with van der Waals surface area (Å²) in [6, 6.07) is 2.96. The number of alkyl halides is 3. The first-order valence-corrected chi connectivity index (χ1v) is 10.9. The number of hydrogen-bond donors (Lipinski definition) is 0. The number of morpholine rings is 1. The zero-order valence-electron chi connectivity index (χ0n) is 16.5. The summed E-state index contributed by atoms with van der Waals surface area (Å²) in [7, 11) is 0. The largest absolute Gasteiger partial charge is 0.408 e. The summed E-state index contributed by atoms with van der Waals surface area (Å²) in [5.74, 6) is 0.424. The van der Waals surface area contributed by atoms with Crippen molar-refractivity contribution in [3.8, 4) is 0 Å². The van der Waals surface area contributed by atoms with Crippen LogP contribution in [-0.4, -0.2) is 47.1 Å². The molecule has 2 aliphatic heterocycles. The second-order valence-electron chi connectivity index (χ2n) is 7.73. The maximum absolute atomic E-state index is 13.9. The van der Waals surface area contributed by atoms with E-state index in [1.807, 2.05) is 18.7 Å². The highest BCUT2D eigenvalue weighted by atomic mass is 35.5. The molecule has 0 aromatic carbocycles. The predicted molar refractivity (Wildman–Crippen MR) is 111 cm³/mol. The number of fused-ring (bicyclic) bond motifs is 1. The van der Waals surface area contributed by atoms with Crippen LogP contribution in [0.5, 0.6) is 0 Å². The highest BCUT2D eigenvalue weighted by Gasteiger charge is 2.47. The number of nitrogens with zero attached hydrogens (tertiary/aromatic N) is 4. The topological polar surface area (TPSA) is 50.6 Å². The van der Waals surface area contributed by atoms with Crippen LogP contribution >= 0.6 is 22.9 Å². The van der Waals surface area contributed by atoms with Gasteiger partial charge in [-0.25, -0.2) is 0 Å². The summed E-state index contributed by atoms with van der Waals surface area (Å²) in [6.07, 6.45) is -4.65. The van der Waals surface area contributed by atoms with E-state index in [1.54, 1.807) is 12.1 Å². The molecule has 4 heterocycles. The molecule has 0 aliphatic carbocycles. The van der Waals surface area contributed by atoms with Crippen molar-refractivity contribution in [3.05, 3.63) is 37.8 Å². The van der Waals surface area contributed by atoms with Gasteiger partial charge < -0.3 is 14.5 Å². The quantitative estimate of drug-likeness (QED) is 0.692. The van der Waals surface area contributed by atoms with Gasteiger partial charge in [0.1, 0.15) is 11.9 Å². The Morgan fingerprint density at radius 2 is 1.97 bits per heavy atom. The summed E-state index contributed by atoms with van der Waals surface area (Å²) >= 11 is 7.20. The third-order valence-corrected chi connectivity index (χ3v) is 6.71. The van der Waals surface area contributed by atoms with Crippen molar-refractivity contribution in [1.29, 1.82) is 0 Å². The van der Waals surface area contributed by atoms with Crippen LogP contribution in [0.25, 0.3) is 0 Å². The lowest BCUT2D eigenvalue weighted by molar-refractivity contribution is -0.153. The minimum absolute atomic E-state index is 0.0221. The Morgan fingerprint density at radius 3 is 2.57 bits per heavy atom. The molecule has 2 aromatic heterocycles. The molecule has 2 aliphatic rings. The van der Waals surface area contributed by atoms with E-state index in [2.05, 4.69) is 4.98 Å². The fourth-order valence-corrected chi connectivity index (χ4v) is 5.26. The van der Waals surface area contributed by atoms with Crippen molar-refractivity contribution in [2.45, 2.75) is 57.7 Å². The number of anilines is 2. The molecule has 11 heteroatoms. The maximum Gasteiger partial charge on any atom is 0.408 e. The van der Waals surface area contributed by atoms with Crippen LogP contribution in [0.1, 0.15) is 25.1 Å². The fourth-order valence-electron chi connectivity index (χ4n) is 4.17. The smallest absolute Gasteiger partial charge is 0.377 e. The number of rotatable bonds is 3. The Kier molecular flexibility index (Phi) is 5.75. The van der Waals surface area contributed by atoms with Gasteiger partial charge in [-0.3, -0.25) is 9.36 Å². The Hall–Kier alpha value is -1.78. The highest BCUT2D eigenvalue weighted by molar-refractivity contribution is 7.16. The Bertz CT molecular complexity index is 969. The Balaban J connectivity index is 1.80. The third-order valence-electron chi connectivity index (χ3n) is 5.50. The van der Waals surface area contributed by atoms with Crippen LogP contribution < -0.4 is 15.4 Å². The van der Waals surface area contributed by atoms with E-state index >= 15 is 0 Å². The third kappa shape index (κ3) is 4.04. The van der Waals surface area contributed by atoms with E-state index < -0.39 is 12.2 Å². The van der Waals surface area contributed by atoms with Crippen molar-refractivity contribution < 1.29 is 17.9 Å². The average Bonchev–Trinajstić information content (AvgIpc) is 3.06. The second-order valence-corrected chi connectivity index (χ2v) is 9.53. The molecular weight excluding hydrogens is 441 g/mol. The molecule has 0 saturated carbocycles. The molecule has 30 heavy (non-hydrogen) atoms. The molecular formula is C19H22ClF3N4O2S. The zero-order valence-corrected chi connectivity index (χ0v) is 18.1. The molecule has 0 radical (unpaired) electrons. The molecule has 1 saturated heterocycles. The molecule has 0 bridgehead atoms. The van der Waals surface area contributed by atoms with E-state index in [0.717, 1.165) is 0 Å². The number of hydrogen-bond acceptors (Lipinski definition) is 6. The van der Waals surface area contributed by atoms with Crippen LogP contribution in [0, 0.1) is 0 Å². The summed E-state index contributed by atoms with van der Waals surface area (Å²) in [5, 5.41) is 0. The highest BCUT2D eigenvalue weighted by Crippen LogP contribution is 2.37. The number of ether oxygens (including phenoxy) is 1. The van der Waals surface area contributed by atoms with Crippen molar-refractivity contribution in [1.82, 2.24) is 9.55 Å². The number of aromatic nitrogens is 2. The summed E-state index contributed by atoms with van der Waals surface area (Å²) in [4.78, 5) is 21.2. The molecule has 0 spiro atoms. The summed E-state index contributed by atoms with van der Waals surface area (Å²) in [6.45, 7) is 4.77. The van der Waals surface area contributed by atoms with E-state index in [0.29, 0.717) is 28.2 Å². The number of halogens is 4. The van der Waals surface area contributed by atoms with Gasteiger partial charge in [0, 0.05) is 17.5 Å². The molecule has 6 nitrogen and oxygen atoms in total. The van der Waals surface area contributed by atoms with Gasteiger partial charge in [-0.2, -0.15) is 18.2 Å². The average molecular weight is 463 g/mol. The van der Waals surface area contributed by atoms with E-state index in [4.69, 9.17) is 16.3 Å². The van der Waals surface area contributed by atoms with Gasteiger partial charge in [0.2, 0.25) is 5.95 Å². The minimum atomic E-state index is -4.44. The first kappa shape index (κ1) is 21.5. The fraction of sp³-hybridized carbons (Fsp3) is 0.579. The second kappa shape index (κ2) is 8.05. The molecule has 1 fully saturated rings. The van der Waals surface area contributed by atoms with Crippen LogP contribution in [0.2, 0.25) is 4.34 Å². The van der Waals surface area contributed by atoms with Gasteiger partial charge in [-0.15, -0.1) is 11.3 Å². The standard InChI is InChI=1S/C19H22ClF3N4O2S/c1-11-9-29-10-12(2)27(11)16-7-17(28)25-6-5-14(19(21,22)23)26(18(25)24-16)8-13-3-4-15(20)30-13/h3-4,7,11-12,14H,5-6,8-10H2,1-2H3/t11-,12+,14-/m0/s1. The van der Waals surface area contributed by atoms with E-state index in [9.17, 15) is 18.0 Å². The molecule has 0 unspecified atom stereocenters. The molecule has 3 atom stereocenters. The van der Waals surface area contributed by atoms with Gasteiger partial charge in [-0.05, 0) is 32.4 Å². The van der Waals surface area contributed by atoms with Crippen molar-refractivity contribution in [3.63, 3.8) is 0 Å². The predicted octanol–water partition coefficient (Wildman–Crippen LogP) is 3.91. The van der Waals surface area contributed by atoms with Crippen LogP contribution in [-0.2, 0) is 17.8 Å². The van der Waals surface area contributed by atoms with Gasteiger partial charge in [-0.1, -0.05) is 11.6 Å². The van der Waals surface area contributed by atoms with Crippen LogP contribution in [0.15, 0.2) is 23.0 Å². The van der Waals surface area contributed by atoms with Gasteiger partial charge >= 0.3 is 6.18 Å². The van der Waals surface area contributed by atoms with Gasteiger partial charge in [0.25, 0.3) is 5.56 Å². The summed E-state index contributed by atoms with van der Waals surface area (Å²) < 4.78 is 49.0. The van der Waals surface area contributed by atoms with Crippen LogP contribution in [0.4, 0.5) is 24.9 Å². The normalized spacial score (nSPS) is 24.8. The van der Waals surface area contributed by atoms with Crippen molar-refractivity contribution >= 4 is 34.7 Å². The van der Waals surface area contributed by atoms with Gasteiger partial charge in [0.05, 0.1) is 36.2 Å². The first-order valence-electron chi connectivity index (χ1n) is 9.70. The molecule has 0 N–H and O–H groups in total. The lowest BCUT2D eigenvalue weighted by Gasteiger charge is -2.42. The van der Waals surface area contributed by atoms with Crippen molar-refractivity contribution in [2.24, 2.45) is 0 Å². The van der Waals surface area contributed by atoms with Gasteiger partial charge in [0.15, 0.2) is 0 Å². The van der Waals surface area contributed by atoms with E-state index in [-0.39, 0.29) is 43.1 Å². The molecule has 4 rings (SSSR count). The maximum atomic E-state index is 13.9. The lowest BCUT2D eigenvalue weighted by atomic mass is 10.1. The Labute approximate surface area is 180 Å². The molecule has 164 valence electrons. The SMILES string of the molecule is C[C@@H]1COC[C@H](C)N1c1cc(=O)n2c(n1)N(Cc1ccc(Cl)s1)[C@H](C(F)(F)F)CC2. The lowest BCUT2D eigenvalue weighted by Crippen LogP contribution is -2.53. The molecule has 0 amide bonds.